The predicted octanol–water partition coefficient (Wildman–Crippen LogP) is 3.02. The van der Waals surface area contributed by atoms with Crippen LogP contribution in [0.4, 0.5) is 0 Å². The minimum absolute atomic E-state index is 0.329. The number of esters is 1. The largest absolute Gasteiger partial charge is 0.466 e. The number of unbranched alkanes of at least 4 members (excludes halogenated alkanes) is 2. The van der Waals surface area contributed by atoms with Crippen molar-refractivity contribution in [2.45, 2.75) is 26.2 Å². The molecular weight excluding hydrogens is 176 g/mol. The van der Waals surface area contributed by atoms with Crippen LogP contribution in [0.3, 0.4) is 0 Å². The van der Waals surface area contributed by atoms with Gasteiger partial charge in [0.15, 0.2) is 0 Å². The second-order valence-electron chi connectivity index (χ2n) is 2.84. The monoisotopic (exact) mass is 194 g/mol. The molecule has 0 radical (unpaired) electrons. The molecule has 0 saturated carbocycles. The average molecular weight is 194 g/mol. The van der Waals surface area contributed by atoms with Crippen LogP contribution in [0, 0.1) is 0 Å². The third-order valence-corrected chi connectivity index (χ3v) is 1.63. The summed E-state index contributed by atoms with van der Waals surface area (Å²) in [5.74, 6) is -0.329. The van der Waals surface area contributed by atoms with Crippen molar-refractivity contribution in [1.29, 1.82) is 0 Å². The second kappa shape index (κ2) is 9.78. The molecule has 0 spiro atoms. The van der Waals surface area contributed by atoms with Gasteiger partial charge >= 0.3 is 5.97 Å². The third-order valence-electron chi connectivity index (χ3n) is 1.63. The van der Waals surface area contributed by atoms with Gasteiger partial charge in [0.25, 0.3) is 0 Å². The minimum atomic E-state index is -0.329. The maximum absolute atomic E-state index is 10.6. The zero-order valence-corrected chi connectivity index (χ0v) is 8.90. The Kier molecular flexibility index (Phi) is 8.86. The maximum Gasteiger partial charge on any atom is 0.330 e. The molecule has 0 aromatic heterocycles. The molecule has 0 aromatic carbocycles. The molecular formula is C12H18O2. The molecule has 0 unspecified atom stereocenters. The first-order chi connectivity index (χ1) is 6.81. The Labute approximate surface area is 86.0 Å². The van der Waals surface area contributed by atoms with Gasteiger partial charge in [-0.15, -0.1) is 0 Å². The van der Waals surface area contributed by atoms with Crippen LogP contribution in [0.1, 0.15) is 26.2 Å². The van der Waals surface area contributed by atoms with Gasteiger partial charge in [0.1, 0.15) is 0 Å². The molecule has 78 valence electrons. The molecule has 0 heterocycles. The fourth-order valence-electron chi connectivity index (χ4n) is 0.827. The van der Waals surface area contributed by atoms with Crippen molar-refractivity contribution in [2.75, 3.05) is 7.11 Å². The van der Waals surface area contributed by atoms with E-state index in [1.165, 1.54) is 26.0 Å². The maximum atomic E-state index is 10.6. The summed E-state index contributed by atoms with van der Waals surface area (Å²) >= 11 is 0. The standard InChI is InChI=1S/C12H18O2/c1-3-4-5-6-7-8-9-10-11-12(13)14-2/h6-11H,3-5H2,1-2H3/b7-6-,9-8-,11-10+. The van der Waals surface area contributed by atoms with Crippen LogP contribution >= 0.6 is 0 Å². The van der Waals surface area contributed by atoms with Crippen LogP contribution in [-0.4, -0.2) is 13.1 Å². The normalized spacial score (nSPS) is 11.9. The first kappa shape index (κ1) is 12.7. The van der Waals surface area contributed by atoms with Crippen LogP contribution in [0.5, 0.6) is 0 Å². The predicted molar refractivity (Wildman–Crippen MR) is 59.0 cm³/mol. The van der Waals surface area contributed by atoms with Crippen LogP contribution in [0.25, 0.3) is 0 Å². The number of allylic oxidation sites excluding steroid dienone is 5. The summed E-state index contributed by atoms with van der Waals surface area (Å²) in [7, 11) is 1.36. The number of hydrogen-bond donors (Lipinski definition) is 0. The lowest BCUT2D eigenvalue weighted by molar-refractivity contribution is -0.134. The molecule has 0 fully saturated rings. The quantitative estimate of drug-likeness (QED) is 0.281. The highest BCUT2D eigenvalue weighted by Gasteiger charge is 1.85. The highest BCUT2D eigenvalue weighted by atomic mass is 16.5. The number of carbonyl (C=O) groups excluding carboxylic acids is 1. The molecule has 0 aliphatic rings. The SMILES string of the molecule is CCCC\C=C/C=C\C=C\C(=O)OC. The van der Waals surface area contributed by atoms with E-state index in [0.717, 1.165) is 6.42 Å². The second-order valence-corrected chi connectivity index (χ2v) is 2.84. The van der Waals surface area contributed by atoms with Gasteiger partial charge in [-0.2, -0.15) is 0 Å². The first-order valence-corrected chi connectivity index (χ1v) is 4.89. The minimum Gasteiger partial charge on any atom is -0.466 e. The van der Waals surface area contributed by atoms with Gasteiger partial charge in [-0.3, -0.25) is 0 Å². The number of ether oxygens (including phenoxy) is 1. The Balaban J connectivity index is 3.57. The average Bonchev–Trinajstić information content (AvgIpc) is 2.21. The van der Waals surface area contributed by atoms with E-state index in [9.17, 15) is 4.79 Å². The van der Waals surface area contributed by atoms with Crippen molar-refractivity contribution < 1.29 is 9.53 Å². The summed E-state index contributed by atoms with van der Waals surface area (Å²) in [6.07, 6.45) is 14.4. The highest BCUT2D eigenvalue weighted by Crippen LogP contribution is 1.94. The topological polar surface area (TPSA) is 26.3 Å². The van der Waals surface area contributed by atoms with Crippen molar-refractivity contribution in [1.82, 2.24) is 0 Å². The summed E-state index contributed by atoms with van der Waals surface area (Å²) < 4.78 is 4.43. The smallest absolute Gasteiger partial charge is 0.330 e. The van der Waals surface area contributed by atoms with E-state index < -0.39 is 0 Å². The Morgan fingerprint density at radius 3 is 2.57 bits per heavy atom. The molecule has 0 aromatic rings. The lowest BCUT2D eigenvalue weighted by Gasteiger charge is -1.86. The van der Waals surface area contributed by atoms with E-state index in [1.54, 1.807) is 12.2 Å². The molecule has 0 saturated heterocycles. The first-order valence-electron chi connectivity index (χ1n) is 4.89. The fraction of sp³-hybridized carbons (Fsp3) is 0.417. The summed E-state index contributed by atoms with van der Waals surface area (Å²) in [6.45, 7) is 2.17. The molecule has 0 amide bonds. The molecule has 0 aliphatic carbocycles. The molecule has 2 nitrogen and oxygen atoms in total. The van der Waals surface area contributed by atoms with Crippen molar-refractivity contribution >= 4 is 5.97 Å². The van der Waals surface area contributed by atoms with Gasteiger partial charge < -0.3 is 4.74 Å². The van der Waals surface area contributed by atoms with Crippen molar-refractivity contribution in [2.24, 2.45) is 0 Å². The Morgan fingerprint density at radius 1 is 1.21 bits per heavy atom. The van der Waals surface area contributed by atoms with Gasteiger partial charge in [-0.05, 0) is 6.42 Å². The number of rotatable bonds is 6. The summed E-state index contributed by atoms with van der Waals surface area (Å²) in [5.41, 5.74) is 0. The Bertz CT molecular complexity index is 224. The van der Waals surface area contributed by atoms with Gasteiger partial charge in [0, 0.05) is 6.08 Å². The van der Waals surface area contributed by atoms with Gasteiger partial charge in [0.2, 0.25) is 0 Å². The van der Waals surface area contributed by atoms with Gasteiger partial charge in [-0.1, -0.05) is 50.1 Å². The number of methoxy groups -OCH3 is 1. The molecule has 0 bridgehead atoms. The molecule has 2 heteroatoms. The van der Waals surface area contributed by atoms with E-state index >= 15 is 0 Å². The Morgan fingerprint density at radius 2 is 1.93 bits per heavy atom. The van der Waals surface area contributed by atoms with Crippen LogP contribution in [0.15, 0.2) is 36.5 Å². The van der Waals surface area contributed by atoms with Crippen molar-refractivity contribution in [3.05, 3.63) is 36.5 Å². The van der Waals surface area contributed by atoms with Gasteiger partial charge in [-0.25, -0.2) is 4.79 Å². The van der Waals surface area contributed by atoms with E-state index in [0.29, 0.717) is 0 Å². The van der Waals surface area contributed by atoms with Crippen LogP contribution in [-0.2, 0) is 9.53 Å². The van der Waals surface area contributed by atoms with E-state index in [4.69, 9.17) is 0 Å². The molecule has 0 N–H and O–H groups in total. The van der Waals surface area contributed by atoms with Gasteiger partial charge in [0.05, 0.1) is 7.11 Å². The highest BCUT2D eigenvalue weighted by molar-refractivity contribution is 5.82. The fourth-order valence-corrected chi connectivity index (χ4v) is 0.827. The molecule has 0 atom stereocenters. The number of carbonyl (C=O) groups is 1. The summed E-state index contributed by atoms with van der Waals surface area (Å²) in [4.78, 5) is 10.6. The lowest BCUT2D eigenvalue weighted by Crippen LogP contribution is -1.92. The molecule has 14 heavy (non-hydrogen) atoms. The van der Waals surface area contributed by atoms with E-state index in [2.05, 4.69) is 17.7 Å². The molecule has 0 aliphatic heterocycles. The number of hydrogen-bond acceptors (Lipinski definition) is 2. The van der Waals surface area contributed by atoms with E-state index in [-0.39, 0.29) is 5.97 Å². The van der Waals surface area contributed by atoms with Crippen LogP contribution < -0.4 is 0 Å². The zero-order valence-electron chi connectivity index (χ0n) is 8.90. The zero-order chi connectivity index (χ0) is 10.6. The van der Waals surface area contributed by atoms with Crippen LogP contribution in [0.2, 0.25) is 0 Å². The van der Waals surface area contributed by atoms with Crippen molar-refractivity contribution in [3.63, 3.8) is 0 Å². The third kappa shape index (κ3) is 8.78. The van der Waals surface area contributed by atoms with E-state index in [1.807, 2.05) is 12.2 Å². The lowest BCUT2D eigenvalue weighted by atomic mass is 10.2. The Hall–Kier alpha value is -1.31. The van der Waals surface area contributed by atoms with Crippen molar-refractivity contribution in [3.8, 4) is 0 Å². The molecule has 0 rings (SSSR count). The summed E-state index contributed by atoms with van der Waals surface area (Å²) in [6, 6.07) is 0. The summed E-state index contributed by atoms with van der Waals surface area (Å²) in [5, 5.41) is 0.